The maximum absolute atomic E-state index is 12.3. The van der Waals surface area contributed by atoms with E-state index in [1.54, 1.807) is 36.5 Å². The molecule has 0 aliphatic carbocycles. The Labute approximate surface area is 129 Å². The summed E-state index contributed by atoms with van der Waals surface area (Å²) in [6, 6.07) is 14.2. The summed E-state index contributed by atoms with van der Waals surface area (Å²) >= 11 is 3.33. The molecule has 2 aromatic carbocycles. The van der Waals surface area contributed by atoms with E-state index in [0.29, 0.717) is 11.2 Å². The first-order valence-corrected chi connectivity index (χ1v) is 7.08. The number of anilines is 1. The van der Waals surface area contributed by atoms with Crippen molar-refractivity contribution in [1.82, 2.24) is 4.98 Å². The molecule has 21 heavy (non-hydrogen) atoms. The Hall–Kier alpha value is -2.40. The molecular weight excluding hydrogens is 332 g/mol. The van der Waals surface area contributed by atoms with Gasteiger partial charge < -0.3 is 10.4 Å². The number of fused-ring (bicyclic) bond motifs is 1. The molecule has 1 aromatic heterocycles. The molecule has 0 aliphatic heterocycles. The van der Waals surface area contributed by atoms with Gasteiger partial charge in [0.1, 0.15) is 5.52 Å². The largest absolute Gasteiger partial charge is 0.505 e. The first-order chi connectivity index (χ1) is 10.1. The standard InChI is InChI=1S/C16H11BrN2O2/c17-11-4-6-12(7-5-11)19-16(21)13-8-3-10-2-1-9-18-14(10)15(13)20/h1-9,20H,(H,19,21). The smallest absolute Gasteiger partial charge is 0.259 e. The van der Waals surface area contributed by atoms with Crippen LogP contribution < -0.4 is 5.32 Å². The molecule has 104 valence electrons. The number of phenolic OH excluding ortho intramolecular Hbond substituents is 1. The van der Waals surface area contributed by atoms with Crippen LogP contribution in [0.3, 0.4) is 0 Å². The molecule has 3 rings (SSSR count). The van der Waals surface area contributed by atoms with Crippen LogP contribution in [-0.4, -0.2) is 16.0 Å². The van der Waals surface area contributed by atoms with Crippen molar-refractivity contribution in [2.45, 2.75) is 0 Å². The Morgan fingerprint density at radius 3 is 2.62 bits per heavy atom. The summed E-state index contributed by atoms with van der Waals surface area (Å²) in [5, 5.41) is 13.7. The molecule has 4 nitrogen and oxygen atoms in total. The zero-order chi connectivity index (χ0) is 14.8. The second-order valence-corrected chi connectivity index (χ2v) is 5.41. The van der Waals surface area contributed by atoms with Gasteiger partial charge in [0, 0.05) is 21.7 Å². The van der Waals surface area contributed by atoms with Crippen molar-refractivity contribution >= 4 is 38.4 Å². The maximum atomic E-state index is 12.3. The van der Waals surface area contributed by atoms with Gasteiger partial charge in [-0.25, -0.2) is 0 Å². The summed E-state index contributed by atoms with van der Waals surface area (Å²) in [6.07, 6.45) is 1.58. The highest BCUT2D eigenvalue weighted by Crippen LogP contribution is 2.27. The highest BCUT2D eigenvalue weighted by molar-refractivity contribution is 9.10. The molecule has 3 aromatic rings. The lowest BCUT2D eigenvalue weighted by molar-refractivity contribution is 0.102. The third-order valence-electron chi connectivity index (χ3n) is 3.09. The summed E-state index contributed by atoms with van der Waals surface area (Å²) in [5.41, 5.74) is 1.27. The van der Waals surface area contributed by atoms with Crippen LogP contribution in [0, 0.1) is 0 Å². The number of phenols is 1. The third kappa shape index (κ3) is 2.73. The minimum Gasteiger partial charge on any atom is -0.505 e. The van der Waals surface area contributed by atoms with Crippen LogP contribution in [-0.2, 0) is 0 Å². The molecule has 0 aliphatic rings. The fourth-order valence-electron chi connectivity index (χ4n) is 2.04. The van der Waals surface area contributed by atoms with Crippen LogP contribution in [0.25, 0.3) is 10.9 Å². The third-order valence-corrected chi connectivity index (χ3v) is 3.62. The molecule has 0 unspecified atom stereocenters. The highest BCUT2D eigenvalue weighted by Gasteiger charge is 2.14. The van der Waals surface area contributed by atoms with Crippen LogP contribution in [0.4, 0.5) is 5.69 Å². The van der Waals surface area contributed by atoms with Crippen molar-refractivity contribution < 1.29 is 9.90 Å². The van der Waals surface area contributed by atoms with Crippen molar-refractivity contribution in [2.75, 3.05) is 5.32 Å². The molecule has 0 saturated heterocycles. The number of aromatic nitrogens is 1. The maximum Gasteiger partial charge on any atom is 0.259 e. The predicted octanol–water partition coefficient (Wildman–Crippen LogP) is 3.96. The van der Waals surface area contributed by atoms with E-state index in [9.17, 15) is 9.90 Å². The zero-order valence-electron chi connectivity index (χ0n) is 10.9. The highest BCUT2D eigenvalue weighted by atomic mass is 79.9. The van der Waals surface area contributed by atoms with Crippen molar-refractivity contribution in [3.05, 3.63) is 64.8 Å². The van der Waals surface area contributed by atoms with E-state index in [0.717, 1.165) is 9.86 Å². The number of nitrogens with one attached hydrogen (secondary N) is 1. The summed E-state index contributed by atoms with van der Waals surface area (Å²) in [7, 11) is 0. The molecule has 0 atom stereocenters. The number of carbonyl (C=O) groups is 1. The second kappa shape index (κ2) is 5.54. The lowest BCUT2D eigenvalue weighted by Gasteiger charge is -2.08. The Morgan fingerprint density at radius 1 is 1.10 bits per heavy atom. The van der Waals surface area contributed by atoms with E-state index in [1.807, 2.05) is 18.2 Å². The number of halogens is 1. The van der Waals surface area contributed by atoms with Crippen LogP contribution in [0.15, 0.2) is 59.2 Å². The number of carbonyl (C=O) groups excluding carboxylic acids is 1. The lowest BCUT2D eigenvalue weighted by atomic mass is 10.1. The van der Waals surface area contributed by atoms with Gasteiger partial charge in [-0.15, -0.1) is 0 Å². The molecular formula is C16H11BrN2O2. The molecule has 0 radical (unpaired) electrons. The van der Waals surface area contributed by atoms with Gasteiger partial charge in [-0.1, -0.05) is 28.1 Å². The van der Waals surface area contributed by atoms with E-state index in [-0.39, 0.29) is 17.2 Å². The molecule has 0 fully saturated rings. The van der Waals surface area contributed by atoms with E-state index in [4.69, 9.17) is 0 Å². The fourth-order valence-corrected chi connectivity index (χ4v) is 2.31. The quantitative estimate of drug-likeness (QED) is 0.741. The van der Waals surface area contributed by atoms with Gasteiger partial charge in [-0.05, 0) is 36.4 Å². The fraction of sp³-hybridized carbons (Fsp3) is 0. The van der Waals surface area contributed by atoms with Crippen molar-refractivity contribution in [1.29, 1.82) is 0 Å². The average Bonchev–Trinajstić information content (AvgIpc) is 2.50. The summed E-state index contributed by atoms with van der Waals surface area (Å²) in [6.45, 7) is 0. The molecule has 2 N–H and O–H groups in total. The Kier molecular flexibility index (Phi) is 3.58. The average molecular weight is 343 g/mol. The number of aromatic hydroxyl groups is 1. The van der Waals surface area contributed by atoms with Gasteiger partial charge in [0.15, 0.2) is 5.75 Å². The first-order valence-electron chi connectivity index (χ1n) is 6.29. The Morgan fingerprint density at radius 2 is 1.86 bits per heavy atom. The summed E-state index contributed by atoms with van der Waals surface area (Å²) < 4.78 is 0.929. The number of amides is 1. The number of nitrogens with zero attached hydrogens (tertiary/aromatic N) is 1. The Balaban J connectivity index is 1.94. The van der Waals surface area contributed by atoms with Gasteiger partial charge in [0.05, 0.1) is 5.56 Å². The topological polar surface area (TPSA) is 62.2 Å². The monoisotopic (exact) mass is 342 g/mol. The van der Waals surface area contributed by atoms with Crippen molar-refractivity contribution in [3.63, 3.8) is 0 Å². The van der Waals surface area contributed by atoms with Gasteiger partial charge in [0.25, 0.3) is 5.91 Å². The predicted molar refractivity (Wildman–Crippen MR) is 85.5 cm³/mol. The van der Waals surface area contributed by atoms with E-state index in [1.165, 1.54) is 0 Å². The normalized spacial score (nSPS) is 10.5. The summed E-state index contributed by atoms with van der Waals surface area (Å²) in [5.74, 6) is -0.481. The first kappa shape index (κ1) is 13.6. The van der Waals surface area contributed by atoms with Crippen LogP contribution in [0.1, 0.15) is 10.4 Å². The number of pyridine rings is 1. The molecule has 0 bridgehead atoms. The van der Waals surface area contributed by atoms with Crippen molar-refractivity contribution in [2.24, 2.45) is 0 Å². The number of hydrogen-bond acceptors (Lipinski definition) is 3. The SMILES string of the molecule is O=C(Nc1ccc(Br)cc1)c1ccc2cccnc2c1O. The van der Waals surface area contributed by atoms with Crippen LogP contribution in [0.2, 0.25) is 0 Å². The van der Waals surface area contributed by atoms with E-state index >= 15 is 0 Å². The van der Waals surface area contributed by atoms with E-state index < -0.39 is 0 Å². The van der Waals surface area contributed by atoms with Gasteiger partial charge in [0.2, 0.25) is 0 Å². The molecule has 0 spiro atoms. The van der Waals surface area contributed by atoms with Crippen molar-refractivity contribution in [3.8, 4) is 5.75 Å². The van der Waals surface area contributed by atoms with Gasteiger partial charge in [-0.2, -0.15) is 0 Å². The minimum absolute atomic E-state index is 0.109. The summed E-state index contributed by atoms with van der Waals surface area (Å²) in [4.78, 5) is 16.4. The number of benzene rings is 2. The Bertz CT molecular complexity index is 816. The van der Waals surface area contributed by atoms with Gasteiger partial charge in [-0.3, -0.25) is 9.78 Å². The molecule has 0 saturated carbocycles. The lowest BCUT2D eigenvalue weighted by Crippen LogP contribution is -2.12. The molecule has 1 heterocycles. The molecule has 5 heteroatoms. The number of hydrogen-bond donors (Lipinski definition) is 2. The zero-order valence-corrected chi connectivity index (χ0v) is 12.5. The molecule has 1 amide bonds. The van der Waals surface area contributed by atoms with Crippen LogP contribution >= 0.6 is 15.9 Å². The second-order valence-electron chi connectivity index (χ2n) is 4.50. The minimum atomic E-state index is -0.373. The van der Waals surface area contributed by atoms with E-state index in [2.05, 4.69) is 26.2 Å². The van der Waals surface area contributed by atoms with Gasteiger partial charge >= 0.3 is 0 Å². The number of rotatable bonds is 2. The van der Waals surface area contributed by atoms with Crippen LogP contribution in [0.5, 0.6) is 5.75 Å².